The minimum absolute atomic E-state index is 0.648. The molecule has 6 aromatic carbocycles. The first kappa shape index (κ1) is 21.8. The molecule has 0 atom stereocenters. The predicted molar refractivity (Wildman–Crippen MR) is 161 cm³/mol. The van der Waals surface area contributed by atoms with Gasteiger partial charge in [0.1, 0.15) is 11.2 Å². The van der Waals surface area contributed by atoms with Crippen LogP contribution in [0.2, 0.25) is 0 Å². The van der Waals surface area contributed by atoms with E-state index in [-0.39, 0.29) is 0 Å². The fourth-order valence-electron chi connectivity index (χ4n) is 5.63. The van der Waals surface area contributed by atoms with Gasteiger partial charge >= 0.3 is 0 Å². The first-order valence-electron chi connectivity index (χ1n) is 13.1. The maximum absolute atomic E-state index is 6.67. The van der Waals surface area contributed by atoms with E-state index in [0.29, 0.717) is 5.82 Å². The molecule has 0 aliphatic heterocycles. The van der Waals surface area contributed by atoms with Crippen molar-refractivity contribution in [2.75, 3.05) is 0 Å². The third-order valence-electron chi connectivity index (χ3n) is 7.46. The van der Waals surface area contributed by atoms with Crippen LogP contribution in [0.1, 0.15) is 0 Å². The summed E-state index contributed by atoms with van der Waals surface area (Å²) in [5, 5.41) is 6.89. The largest absolute Gasteiger partial charge is 0.455 e. The molecule has 3 nitrogen and oxygen atoms in total. The molecule has 0 radical (unpaired) electrons. The average Bonchev–Trinajstić information content (AvgIpc) is 3.42. The lowest BCUT2D eigenvalue weighted by molar-refractivity contribution is 0.670. The molecule has 8 rings (SSSR count). The van der Waals surface area contributed by atoms with Crippen LogP contribution in [0.4, 0.5) is 0 Å². The summed E-state index contributed by atoms with van der Waals surface area (Å²) in [6.45, 7) is 0. The molecule has 0 fully saturated rings. The molecule has 0 saturated heterocycles. The second-order valence-electron chi connectivity index (χ2n) is 9.81. The van der Waals surface area contributed by atoms with Crippen LogP contribution in [0.15, 0.2) is 138 Å². The van der Waals surface area contributed by atoms with Gasteiger partial charge in [0.25, 0.3) is 0 Å². The van der Waals surface area contributed by atoms with Crippen LogP contribution >= 0.6 is 0 Å². The minimum Gasteiger partial charge on any atom is -0.455 e. The highest BCUT2D eigenvalue weighted by Crippen LogP contribution is 2.43. The van der Waals surface area contributed by atoms with Crippen molar-refractivity contribution in [1.29, 1.82) is 0 Å². The molecule has 182 valence electrons. The molecule has 3 heteroatoms. The zero-order valence-electron chi connectivity index (χ0n) is 21.0. The molecule has 0 bridgehead atoms. The molecule has 2 heterocycles. The fourth-order valence-corrected chi connectivity index (χ4v) is 5.63. The van der Waals surface area contributed by atoms with Crippen molar-refractivity contribution in [3.05, 3.63) is 133 Å². The molecular formula is C36H22N2O. The molecule has 0 aliphatic rings. The van der Waals surface area contributed by atoms with Gasteiger partial charge in [-0.1, -0.05) is 115 Å². The van der Waals surface area contributed by atoms with E-state index in [1.54, 1.807) is 0 Å². The summed E-state index contributed by atoms with van der Waals surface area (Å²) < 4.78 is 6.67. The Morgan fingerprint density at radius 1 is 0.462 bits per heavy atom. The maximum atomic E-state index is 6.67. The Balaban J connectivity index is 1.51. The van der Waals surface area contributed by atoms with Gasteiger partial charge in [-0.05, 0) is 39.7 Å². The Hall–Kier alpha value is -5.28. The van der Waals surface area contributed by atoms with Crippen molar-refractivity contribution in [2.45, 2.75) is 0 Å². The van der Waals surface area contributed by atoms with Gasteiger partial charge in [0.15, 0.2) is 5.82 Å². The molecule has 0 N–H and O–H groups in total. The molecule has 0 unspecified atom stereocenters. The van der Waals surface area contributed by atoms with Gasteiger partial charge in [0.05, 0.1) is 17.0 Å². The maximum Gasteiger partial charge on any atom is 0.164 e. The molecule has 8 aromatic rings. The van der Waals surface area contributed by atoms with E-state index in [2.05, 4.69) is 97.1 Å². The topological polar surface area (TPSA) is 38.9 Å². The van der Waals surface area contributed by atoms with Crippen molar-refractivity contribution in [1.82, 2.24) is 9.97 Å². The quantitative estimate of drug-likeness (QED) is 0.243. The number of benzene rings is 6. The normalized spacial score (nSPS) is 11.6. The number of aromatic nitrogens is 2. The van der Waals surface area contributed by atoms with Gasteiger partial charge < -0.3 is 4.42 Å². The summed E-state index contributed by atoms with van der Waals surface area (Å²) in [6, 6.07) is 46.0. The number of hydrogen-bond acceptors (Lipinski definition) is 3. The van der Waals surface area contributed by atoms with Crippen LogP contribution in [-0.2, 0) is 0 Å². The van der Waals surface area contributed by atoms with Crippen LogP contribution in [0.25, 0.3) is 77.4 Å². The van der Waals surface area contributed by atoms with E-state index in [4.69, 9.17) is 14.4 Å². The SMILES string of the molecule is c1ccc(-c2cc(-c3ccccc3)nc(-c3cc4ccccc4c4c3oc3ccc5ccccc5c34)n2)cc1. The van der Waals surface area contributed by atoms with Crippen molar-refractivity contribution >= 4 is 43.5 Å². The lowest BCUT2D eigenvalue weighted by Gasteiger charge is -2.11. The van der Waals surface area contributed by atoms with Crippen molar-refractivity contribution < 1.29 is 4.42 Å². The van der Waals surface area contributed by atoms with Gasteiger partial charge in [0, 0.05) is 21.9 Å². The summed E-state index contributed by atoms with van der Waals surface area (Å²) >= 11 is 0. The van der Waals surface area contributed by atoms with E-state index >= 15 is 0 Å². The van der Waals surface area contributed by atoms with Gasteiger partial charge in [0.2, 0.25) is 0 Å². The zero-order valence-corrected chi connectivity index (χ0v) is 21.0. The summed E-state index contributed by atoms with van der Waals surface area (Å²) in [5.74, 6) is 0.648. The van der Waals surface area contributed by atoms with Gasteiger partial charge in [-0.15, -0.1) is 0 Å². The second kappa shape index (κ2) is 8.64. The highest BCUT2D eigenvalue weighted by atomic mass is 16.3. The molecule has 2 aromatic heterocycles. The monoisotopic (exact) mass is 498 g/mol. The van der Waals surface area contributed by atoms with Crippen molar-refractivity contribution in [3.63, 3.8) is 0 Å². The Bertz CT molecular complexity index is 2110. The lowest BCUT2D eigenvalue weighted by Crippen LogP contribution is -1.96. The summed E-state index contributed by atoms with van der Waals surface area (Å²) in [6.07, 6.45) is 0. The molecule has 0 spiro atoms. The van der Waals surface area contributed by atoms with E-state index in [1.165, 1.54) is 10.8 Å². The van der Waals surface area contributed by atoms with E-state index in [1.807, 2.05) is 36.4 Å². The number of furan rings is 1. The first-order valence-corrected chi connectivity index (χ1v) is 13.1. The fraction of sp³-hybridized carbons (Fsp3) is 0. The number of nitrogens with zero attached hydrogens (tertiary/aromatic N) is 2. The Morgan fingerprint density at radius 3 is 1.69 bits per heavy atom. The third kappa shape index (κ3) is 3.52. The molecule has 0 saturated carbocycles. The Kier molecular flexibility index (Phi) is 4.82. The number of hydrogen-bond donors (Lipinski definition) is 0. The first-order chi connectivity index (χ1) is 19.3. The van der Waals surface area contributed by atoms with E-state index in [0.717, 1.165) is 60.8 Å². The number of rotatable bonds is 3. The van der Waals surface area contributed by atoms with Gasteiger partial charge in [-0.25, -0.2) is 9.97 Å². The predicted octanol–water partition coefficient (Wildman–Crippen LogP) is 9.68. The van der Waals surface area contributed by atoms with Gasteiger partial charge in [-0.3, -0.25) is 0 Å². The summed E-state index contributed by atoms with van der Waals surface area (Å²) in [7, 11) is 0. The van der Waals surface area contributed by atoms with Gasteiger partial charge in [-0.2, -0.15) is 0 Å². The van der Waals surface area contributed by atoms with Crippen LogP contribution < -0.4 is 0 Å². The van der Waals surface area contributed by atoms with Crippen LogP contribution in [-0.4, -0.2) is 9.97 Å². The summed E-state index contributed by atoms with van der Waals surface area (Å²) in [4.78, 5) is 10.2. The van der Waals surface area contributed by atoms with Crippen LogP contribution in [0, 0.1) is 0 Å². The highest BCUT2D eigenvalue weighted by molar-refractivity contribution is 6.28. The number of fused-ring (bicyclic) bond motifs is 7. The third-order valence-corrected chi connectivity index (χ3v) is 7.46. The molecule has 39 heavy (non-hydrogen) atoms. The molecule has 0 aliphatic carbocycles. The average molecular weight is 499 g/mol. The van der Waals surface area contributed by atoms with Crippen molar-refractivity contribution in [3.8, 4) is 33.9 Å². The van der Waals surface area contributed by atoms with Crippen LogP contribution in [0.3, 0.4) is 0 Å². The lowest BCUT2D eigenvalue weighted by atomic mass is 9.97. The van der Waals surface area contributed by atoms with Crippen molar-refractivity contribution in [2.24, 2.45) is 0 Å². The summed E-state index contributed by atoms with van der Waals surface area (Å²) in [5.41, 5.74) is 6.41. The van der Waals surface area contributed by atoms with Crippen LogP contribution in [0.5, 0.6) is 0 Å². The zero-order chi connectivity index (χ0) is 25.8. The standard InChI is InChI=1S/C36H22N2O/c1-3-12-24(13-4-1)30-22-31(25-14-5-2-6-15-25)38-36(37-30)29-21-26-16-8-10-18-28(26)34-33-27-17-9-7-11-23(27)19-20-32(33)39-35(29)34/h1-22H. The second-order valence-corrected chi connectivity index (χ2v) is 9.81. The van der Waals surface area contributed by atoms with E-state index in [9.17, 15) is 0 Å². The Morgan fingerprint density at radius 2 is 1.03 bits per heavy atom. The highest BCUT2D eigenvalue weighted by Gasteiger charge is 2.20. The Labute approximate surface area is 225 Å². The molecular weight excluding hydrogens is 476 g/mol. The smallest absolute Gasteiger partial charge is 0.164 e. The van der Waals surface area contributed by atoms with E-state index < -0.39 is 0 Å². The molecule has 0 amide bonds. The minimum atomic E-state index is 0.648.